The van der Waals surface area contributed by atoms with Crippen molar-refractivity contribution in [2.75, 3.05) is 37.6 Å². The number of benzene rings is 2. The van der Waals surface area contributed by atoms with E-state index in [2.05, 4.69) is 17.7 Å². The second kappa shape index (κ2) is 15.2. The molecule has 10 heteroatoms. The predicted molar refractivity (Wildman–Crippen MR) is 161 cm³/mol. The van der Waals surface area contributed by atoms with Crippen molar-refractivity contribution in [2.45, 2.75) is 54.3 Å². The molecule has 1 saturated heterocycles. The monoisotopic (exact) mass is 583 g/mol. The number of carbonyl (C=O) groups excluding carboxylic acids is 1. The van der Waals surface area contributed by atoms with Crippen molar-refractivity contribution in [2.24, 2.45) is 5.73 Å². The van der Waals surface area contributed by atoms with Crippen molar-refractivity contribution in [3.8, 4) is 30.0 Å². The van der Waals surface area contributed by atoms with Crippen molar-refractivity contribution in [1.82, 2.24) is 14.9 Å². The number of amides is 1. The van der Waals surface area contributed by atoms with Gasteiger partial charge in [-0.15, -0.1) is 12.8 Å². The number of nitrogens with two attached hydrogens (primary N) is 1. The van der Waals surface area contributed by atoms with E-state index in [9.17, 15) is 18.0 Å². The molecule has 1 aliphatic heterocycles. The molecule has 0 radical (unpaired) electrons. The minimum absolute atomic E-state index is 0.0118. The number of aryl methyl sites for hydroxylation is 4. The van der Waals surface area contributed by atoms with Gasteiger partial charge in [-0.1, -0.05) is 38.1 Å². The number of rotatable bonds is 7. The van der Waals surface area contributed by atoms with Crippen molar-refractivity contribution < 1.29 is 22.7 Å². The van der Waals surface area contributed by atoms with Gasteiger partial charge in [0.2, 0.25) is 5.91 Å². The van der Waals surface area contributed by atoms with E-state index in [1.165, 1.54) is 6.07 Å². The number of halogens is 3. The molecule has 1 fully saturated rings. The Labute approximate surface area is 246 Å². The van der Waals surface area contributed by atoms with Crippen LogP contribution in [0.1, 0.15) is 47.4 Å². The first kappa shape index (κ1) is 34.1. The van der Waals surface area contributed by atoms with Gasteiger partial charge in [-0.3, -0.25) is 9.69 Å². The molecular formula is C32H40F3N5O2. The van der Waals surface area contributed by atoms with Crippen LogP contribution in [0.2, 0.25) is 0 Å². The molecule has 1 aromatic heterocycles. The predicted octanol–water partition coefficient (Wildman–Crippen LogP) is 5.86. The quantitative estimate of drug-likeness (QED) is 0.351. The molecule has 2 N–H and O–H groups in total. The Morgan fingerprint density at radius 2 is 1.55 bits per heavy atom. The maximum atomic E-state index is 13.3. The van der Waals surface area contributed by atoms with Gasteiger partial charge in [0.15, 0.2) is 5.82 Å². The van der Waals surface area contributed by atoms with Crippen LogP contribution < -0.4 is 15.4 Å². The molecule has 2 aromatic carbocycles. The third-order valence-electron chi connectivity index (χ3n) is 6.84. The van der Waals surface area contributed by atoms with Crippen molar-refractivity contribution in [3.05, 3.63) is 69.9 Å². The first-order chi connectivity index (χ1) is 19.9. The maximum Gasteiger partial charge on any atom is 0.416 e. The molecule has 3 aromatic rings. The van der Waals surface area contributed by atoms with Gasteiger partial charge in [0.1, 0.15) is 18.2 Å². The SMILES string of the molecule is C#C.CC.Cc1ccc(C(F)(F)F)cc1OCc1c(C)nc(-c2c(C)cccc2C)nc1N1CCN(CC(N)=O)CC1. The van der Waals surface area contributed by atoms with Gasteiger partial charge in [-0.2, -0.15) is 13.2 Å². The first-order valence-corrected chi connectivity index (χ1v) is 13.8. The summed E-state index contributed by atoms with van der Waals surface area (Å²) in [6.07, 6.45) is 3.54. The number of ether oxygens (including phenoxy) is 1. The lowest BCUT2D eigenvalue weighted by atomic mass is 10.0. The minimum atomic E-state index is -4.46. The summed E-state index contributed by atoms with van der Waals surface area (Å²) in [4.78, 5) is 25.2. The Bertz CT molecular complexity index is 1360. The molecule has 0 saturated carbocycles. The zero-order chi connectivity index (χ0) is 31.6. The summed E-state index contributed by atoms with van der Waals surface area (Å²) in [6, 6.07) is 9.49. The molecule has 7 nitrogen and oxygen atoms in total. The lowest BCUT2D eigenvalue weighted by Crippen LogP contribution is -2.49. The normalized spacial score (nSPS) is 13.4. The van der Waals surface area contributed by atoms with Gasteiger partial charge in [0.25, 0.3) is 0 Å². The Morgan fingerprint density at radius 1 is 0.952 bits per heavy atom. The Hall–Kier alpha value is -4.10. The van der Waals surface area contributed by atoms with Crippen molar-refractivity contribution in [3.63, 3.8) is 0 Å². The van der Waals surface area contributed by atoms with Crippen LogP contribution in [0.25, 0.3) is 11.4 Å². The summed E-state index contributed by atoms with van der Waals surface area (Å²) < 4.78 is 45.9. The summed E-state index contributed by atoms with van der Waals surface area (Å²) in [5.41, 5.74) is 9.65. The van der Waals surface area contributed by atoms with Crippen LogP contribution in [0, 0.1) is 40.5 Å². The number of alkyl halides is 3. The minimum Gasteiger partial charge on any atom is -0.488 e. The highest BCUT2D eigenvalue weighted by Gasteiger charge is 2.31. The molecule has 0 atom stereocenters. The van der Waals surface area contributed by atoms with E-state index < -0.39 is 11.7 Å². The zero-order valence-corrected chi connectivity index (χ0v) is 25.2. The topological polar surface area (TPSA) is 84.6 Å². The van der Waals surface area contributed by atoms with Gasteiger partial charge >= 0.3 is 6.18 Å². The summed E-state index contributed by atoms with van der Waals surface area (Å²) in [5, 5.41) is 0. The van der Waals surface area contributed by atoms with Crippen LogP contribution in [0.4, 0.5) is 19.0 Å². The van der Waals surface area contributed by atoms with Crippen LogP contribution in [-0.2, 0) is 17.6 Å². The van der Waals surface area contributed by atoms with Crippen LogP contribution in [-0.4, -0.2) is 53.5 Å². The van der Waals surface area contributed by atoms with Crippen LogP contribution in [0.15, 0.2) is 36.4 Å². The molecule has 0 aliphatic carbocycles. The van der Waals surface area contributed by atoms with E-state index >= 15 is 0 Å². The number of piperazine rings is 1. The summed E-state index contributed by atoms with van der Waals surface area (Å²) in [6.45, 7) is 14.2. The summed E-state index contributed by atoms with van der Waals surface area (Å²) in [7, 11) is 0. The number of carbonyl (C=O) groups is 1. The molecule has 42 heavy (non-hydrogen) atoms. The van der Waals surface area contributed by atoms with Crippen molar-refractivity contribution in [1.29, 1.82) is 0 Å². The first-order valence-electron chi connectivity index (χ1n) is 13.8. The molecule has 1 aliphatic rings. The maximum absolute atomic E-state index is 13.3. The standard InChI is InChI=1S/C28H32F3N5O2.C2H6.C2H2/c1-17-8-9-21(28(29,30)31)14-23(17)38-16-22-20(4)33-26(25-18(2)6-5-7-19(25)3)34-27(22)36-12-10-35(11-13-36)15-24(32)37;2*1-2/h5-9,14H,10-13,15-16H2,1-4H3,(H2,32,37);1-2H3;1-2H. The number of nitrogens with zero attached hydrogens (tertiary/aromatic N) is 4. The molecule has 2 heterocycles. The number of primary amides is 1. The van der Waals surface area contributed by atoms with E-state index in [4.69, 9.17) is 20.4 Å². The zero-order valence-electron chi connectivity index (χ0n) is 25.2. The fourth-order valence-electron chi connectivity index (χ4n) is 4.71. The van der Waals surface area contributed by atoms with E-state index in [0.717, 1.165) is 28.8 Å². The average Bonchev–Trinajstić information content (AvgIpc) is 2.94. The van der Waals surface area contributed by atoms with E-state index in [1.54, 1.807) is 6.92 Å². The van der Waals surface area contributed by atoms with E-state index in [-0.39, 0.29) is 24.8 Å². The largest absolute Gasteiger partial charge is 0.488 e. The molecule has 226 valence electrons. The Balaban J connectivity index is 0.00000148. The molecule has 0 bridgehead atoms. The third kappa shape index (κ3) is 8.46. The number of terminal acetylenes is 1. The van der Waals surface area contributed by atoms with Gasteiger partial charge in [-0.05, 0) is 56.5 Å². The number of aromatic nitrogens is 2. The number of anilines is 1. The highest BCUT2D eigenvalue weighted by atomic mass is 19.4. The molecule has 0 unspecified atom stereocenters. The molecule has 1 amide bonds. The van der Waals surface area contributed by atoms with Gasteiger partial charge in [0.05, 0.1) is 23.4 Å². The molecule has 0 spiro atoms. The Kier molecular flexibility index (Phi) is 12.4. The highest BCUT2D eigenvalue weighted by molar-refractivity contribution is 5.76. The van der Waals surface area contributed by atoms with Gasteiger partial charge < -0.3 is 15.4 Å². The van der Waals surface area contributed by atoms with Gasteiger partial charge in [-0.25, -0.2) is 9.97 Å². The van der Waals surface area contributed by atoms with Crippen molar-refractivity contribution >= 4 is 11.7 Å². The Morgan fingerprint density at radius 3 is 2.10 bits per heavy atom. The van der Waals surface area contributed by atoms with Crippen LogP contribution >= 0.6 is 0 Å². The third-order valence-corrected chi connectivity index (χ3v) is 6.84. The fraction of sp³-hybridized carbons (Fsp3) is 0.406. The highest BCUT2D eigenvalue weighted by Crippen LogP contribution is 2.34. The lowest BCUT2D eigenvalue weighted by molar-refractivity contribution is -0.137. The average molecular weight is 584 g/mol. The van der Waals surface area contributed by atoms with Crippen LogP contribution in [0.5, 0.6) is 5.75 Å². The summed E-state index contributed by atoms with van der Waals surface area (Å²) in [5.74, 6) is 1.06. The fourth-order valence-corrected chi connectivity index (χ4v) is 4.71. The second-order valence-corrected chi connectivity index (χ2v) is 9.70. The van der Waals surface area contributed by atoms with E-state index in [0.29, 0.717) is 54.6 Å². The molecular weight excluding hydrogens is 543 g/mol. The molecule has 4 rings (SSSR count). The number of hydrogen-bond acceptors (Lipinski definition) is 6. The number of hydrogen-bond donors (Lipinski definition) is 1. The lowest BCUT2D eigenvalue weighted by Gasteiger charge is -2.36. The van der Waals surface area contributed by atoms with E-state index in [1.807, 2.05) is 57.7 Å². The summed E-state index contributed by atoms with van der Waals surface area (Å²) >= 11 is 0. The van der Waals surface area contributed by atoms with Gasteiger partial charge in [0, 0.05) is 31.7 Å². The van der Waals surface area contributed by atoms with Crippen LogP contribution in [0.3, 0.4) is 0 Å². The second-order valence-electron chi connectivity index (χ2n) is 9.70. The smallest absolute Gasteiger partial charge is 0.416 e.